The zero-order valence-electron chi connectivity index (χ0n) is 11.8. The molecular formula is C16H21FN2O. The Morgan fingerprint density at radius 1 is 1.45 bits per heavy atom. The van der Waals surface area contributed by atoms with Gasteiger partial charge >= 0.3 is 0 Å². The number of benzene rings is 1. The van der Waals surface area contributed by atoms with Crippen molar-refractivity contribution in [1.82, 2.24) is 4.90 Å². The smallest absolute Gasteiger partial charge is 0.247 e. The van der Waals surface area contributed by atoms with Crippen LogP contribution in [0.1, 0.15) is 31.7 Å². The summed E-state index contributed by atoms with van der Waals surface area (Å²) in [5.74, 6) is -0.371. The molecule has 0 radical (unpaired) electrons. The molecule has 0 aromatic heterocycles. The SMILES string of the molecule is CC(=CC(=O)N1CCCCC1CN)c1ccccc1F. The van der Waals surface area contributed by atoms with Gasteiger partial charge in [-0.05, 0) is 37.8 Å². The lowest BCUT2D eigenvalue weighted by Crippen LogP contribution is -2.46. The highest BCUT2D eigenvalue weighted by Crippen LogP contribution is 2.20. The van der Waals surface area contributed by atoms with Gasteiger partial charge in [-0.2, -0.15) is 0 Å². The average Bonchev–Trinajstić information content (AvgIpc) is 2.47. The Balaban J connectivity index is 2.17. The standard InChI is InChI=1S/C16H21FN2O/c1-12(14-7-2-3-8-15(14)17)10-16(20)19-9-5-4-6-13(19)11-18/h2-3,7-8,10,13H,4-6,9,11,18H2,1H3. The van der Waals surface area contributed by atoms with Gasteiger partial charge in [-0.25, -0.2) is 4.39 Å². The summed E-state index contributed by atoms with van der Waals surface area (Å²) in [6.07, 6.45) is 4.59. The van der Waals surface area contributed by atoms with Crippen molar-refractivity contribution < 1.29 is 9.18 Å². The Bertz CT molecular complexity index is 513. The number of carbonyl (C=O) groups excluding carboxylic acids is 1. The summed E-state index contributed by atoms with van der Waals surface area (Å²) in [6.45, 7) is 2.98. The largest absolute Gasteiger partial charge is 0.335 e. The highest BCUT2D eigenvalue weighted by molar-refractivity contribution is 5.95. The first-order chi connectivity index (χ1) is 9.63. The van der Waals surface area contributed by atoms with Crippen LogP contribution in [0, 0.1) is 5.82 Å². The number of hydrogen-bond donors (Lipinski definition) is 1. The van der Waals surface area contributed by atoms with Gasteiger partial charge < -0.3 is 10.6 Å². The lowest BCUT2D eigenvalue weighted by atomic mass is 10.0. The third-order valence-corrected chi connectivity index (χ3v) is 3.82. The molecule has 1 fully saturated rings. The Morgan fingerprint density at radius 2 is 2.20 bits per heavy atom. The molecule has 1 aliphatic heterocycles. The molecule has 0 aliphatic carbocycles. The van der Waals surface area contributed by atoms with Crippen LogP contribution >= 0.6 is 0 Å². The van der Waals surface area contributed by atoms with Crippen LogP contribution in [-0.4, -0.2) is 29.9 Å². The summed E-state index contributed by atoms with van der Waals surface area (Å²) in [6, 6.07) is 6.61. The molecule has 3 nitrogen and oxygen atoms in total. The van der Waals surface area contributed by atoms with E-state index in [4.69, 9.17) is 5.73 Å². The molecule has 2 N–H and O–H groups in total. The third kappa shape index (κ3) is 3.25. The van der Waals surface area contributed by atoms with E-state index >= 15 is 0 Å². The Morgan fingerprint density at radius 3 is 2.90 bits per heavy atom. The van der Waals surface area contributed by atoms with E-state index < -0.39 is 0 Å². The average molecular weight is 276 g/mol. The van der Waals surface area contributed by atoms with Gasteiger partial charge in [0.2, 0.25) is 5.91 Å². The van der Waals surface area contributed by atoms with Gasteiger partial charge in [-0.15, -0.1) is 0 Å². The molecule has 1 heterocycles. The molecule has 1 aromatic rings. The van der Waals surface area contributed by atoms with Crippen molar-refractivity contribution in [1.29, 1.82) is 0 Å². The molecule has 2 rings (SSSR count). The van der Waals surface area contributed by atoms with Crippen molar-refractivity contribution in [2.75, 3.05) is 13.1 Å². The highest BCUT2D eigenvalue weighted by Gasteiger charge is 2.24. The molecule has 0 spiro atoms. The van der Waals surface area contributed by atoms with Gasteiger partial charge in [0, 0.05) is 30.8 Å². The van der Waals surface area contributed by atoms with Crippen molar-refractivity contribution in [2.45, 2.75) is 32.2 Å². The van der Waals surface area contributed by atoms with E-state index in [1.807, 2.05) is 4.90 Å². The van der Waals surface area contributed by atoms with Gasteiger partial charge in [0.15, 0.2) is 0 Å². The van der Waals surface area contributed by atoms with E-state index in [1.54, 1.807) is 25.1 Å². The molecule has 0 bridgehead atoms. The second-order valence-corrected chi connectivity index (χ2v) is 5.22. The molecule has 20 heavy (non-hydrogen) atoms. The Labute approximate surface area is 119 Å². The Kier molecular flexibility index (Phi) is 4.90. The van der Waals surface area contributed by atoms with E-state index in [9.17, 15) is 9.18 Å². The molecule has 108 valence electrons. The number of likely N-dealkylation sites (tertiary alicyclic amines) is 1. The summed E-state index contributed by atoms with van der Waals surface area (Å²) in [4.78, 5) is 14.1. The monoisotopic (exact) mass is 276 g/mol. The number of hydrogen-bond acceptors (Lipinski definition) is 2. The topological polar surface area (TPSA) is 46.3 Å². The third-order valence-electron chi connectivity index (χ3n) is 3.82. The number of amides is 1. The maximum Gasteiger partial charge on any atom is 0.247 e. The van der Waals surface area contributed by atoms with Gasteiger partial charge in [0.05, 0.1) is 0 Å². The van der Waals surface area contributed by atoms with Crippen LogP contribution in [0.15, 0.2) is 30.3 Å². The first kappa shape index (κ1) is 14.7. The lowest BCUT2D eigenvalue weighted by Gasteiger charge is -2.34. The molecule has 4 heteroatoms. The van der Waals surface area contributed by atoms with Crippen molar-refractivity contribution in [2.24, 2.45) is 5.73 Å². The van der Waals surface area contributed by atoms with E-state index in [2.05, 4.69) is 0 Å². The zero-order chi connectivity index (χ0) is 14.5. The molecule has 0 saturated carbocycles. The fourth-order valence-electron chi connectivity index (χ4n) is 2.66. The van der Waals surface area contributed by atoms with Crippen molar-refractivity contribution in [3.05, 3.63) is 41.7 Å². The summed E-state index contributed by atoms with van der Waals surface area (Å²) in [7, 11) is 0. The van der Waals surface area contributed by atoms with Gasteiger partial charge in [0.1, 0.15) is 5.82 Å². The number of carbonyl (C=O) groups is 1. The minimum atomic E-state index is -0.303. The van der Waals surface area contributed by atoms with E-state index in [0.29, 0.717) is 17.7 Å². The summed E-state index contributed by atoms with van der Waals surface area (Å²) in [5, 5.41) is 0. The molecular weight excluding hydrogens is 255 g/mol. The summed E-state index contributed by atoms with van der Waals surface area (Å²) in [5.41, 5.74) is 6.84. The Hall–Kier alpha value is -1.68. The van der Waals surface area contributed by atoms with Crippen LogP contribution in [0.5, 0.6) is 0 Å². The van der Waals surface area contributed by atoms with Gasteiger partial charge in [0.25, 0.3) is 0 Å². The maximum atomic E-state index is 13.7. The van der Waals surface area contributed by atoms with Crippen LogP contribution in [0.3, 0.4) is 0 Å². The van der Waals surface area contributed by atoms with E-state index in [0.717, 1.165) is 25.8 Å². The predicted molar refractivity (Wildman–Crippen MR) is 78.5 cm³/mol. The molecule has 1 atom stereocenters. The number of nitrogens with two attached hydrogens (primary N) is 1. The zero-order valence-corrected chi connectivity index (χ0v) is 11.8. The molecule has 1 amide bonds. The first-order valence-electron chi connectivity index (χ1n) is 7.07. The number of piperidine rings is 1. The molecule has 1 saturated heterocycles. The highest BCUT2D eigenvalue weighted by atomic mass is 19.1. The number of halogens is 1. The first-order valence-corrected chi connectivity index (χ1v) is 7.07. The lowest BCUT2D eigenvalue weighted by molar-refractivity contribution is -0.129. The summed E-state index contributed by atoms with van der Waals surface area (Å²) < 4.78 is 13.7. The fourth-order valence-corrected chi connectivity index (χ4v) is 2.66. The van der Waals surface area contributed by atoms with Crippen LogP contribution in [-0.2, 0) is 4.79 Å². The maximum absolute atomic E-state index is 13.7. The number of nitrogens with zero attached hydrogens (tertiary/aromatic N) is 1. The second-order valence-electron chi connectivity index (χ2n) is 5.22. The van der Waals surface area contributed by atoms with E-state index in [-0.39, 0.29) is 17.8 Å². The molecule has 1 unspecified atom stereocenters. The van der Waals surface area contributed by atoms with Crippen LogP contribution in [0.25, 0.3) is 5.57 Å². The molecule has 1 aromatic carbocycles. The molecule has 1 aliphatic rings. The quantitative estimate of drug-likeness (QED) is 0.862. The van der Waals surface area contributed by atoms with Crippen molar-refractivity contribution >= 4 is 11.5 Å². The minimum absolute atomic E-state index is 0.0686. The van der Waals surface area contributed by atoms with Crippen molar-refractivity contribution in [3.8, 4) is 0 Å². The predicted octanol–water partition coefficient (Wildman–Crippen LogP) is 2.57. The number of rotatable bonds is 3. The van der Waals surface area contributed by atoms with E-state index in [1.165, 1.54) is 12.1 Å². The van der Waals surface area contributed by atoms with Gasteiger partial charge in [-0.1, -0.05) is 18.2 Å². The number of allylic oxidation sites excluding steroid dienone is 1. The summed E-state index contributed by atoms with van der Waals surface area (Å²) >= 11 is 0. The van der Waals surface area contributed by atoms with Crippen molar-refractivity contribution in [3.63, 3.8) is 0 Å². The van der Waals surface area contributed by atoms with Gasteiger partial charge in [-0.3, -0.25) is 4.79 Å². The normalized spacial score (nSPS) is 20.1. The van der Waals surface area contributed by atoms with Crippen LogP contribution in [0.4, 0.5) is 4.39 Å². The fraction of sp³-hybridized carbons (Fsp3) is 0.438. The second kappa shape index (κ2) is 6.66. The van der Waals surface area contributed by atoms with Crippen LogP contribution < -0.4 is 5.73 Å². The van der Waals surface area contributed by atoms with Crippen LogP contribution in [0.2, 0.25) is 0 Å². The minimum Gasteiger partial charge on any atom is -0.335 e.